The van der Waals surface area contributed by atoms with Gasteiger partial charge in [0.05, 0.1) is 12.8 Å². The largest absolute Gasteiger partial charge is 0.497 e. The number of hydrogen-bond acceptors (Lipinski definition) is 4. The summed E-state index contributed by atoms with van der Waals surface area (Å²) in [6.45, 7) is 2.96. The predicted molar refractivity (Wildman–Crippen MR) is 67.8 cm³/mol. The lowest BCUT2D eigenvalue weighted by Crippen LogP contribution is -2.62. The maximum atomic E-state index is 12.2. The molecule has 0 aromatic heterocycles. The van der Waals surface area contributed by atoms with Crippen molar-refractivity contribution in [1.29, 1.82) is 0 Å². The van der Waals surface area contributed by atoms with Crippen molar-refractivity contribution < 1.29 is 19.1 Å². The van der Waals surface area contributed by atoms with E-state index in [9.17, 15) is 14.4 Å². The molecule has 4 amide bonds. The van der Waals surface area contributed by atoms with E-state index in [-0.39, 0.29) is 0 Å². The molecular weight excluding hydrogens is 248 g/mol. The van der Waals surface area contributed by atoms with E-state index in [0.29, 0.717) is 11.4 Å². The molecule has 19 heavy (non-hydrogen) atoms. The molecule has 1 heterocycles. The van der Waals surface area contributed by atoms with Crippen molar-refractivity contribution in [1.82, 2.24) is 5.32 Å². The molecule has 6 heteroatoms. The number of barbiturate groups is 1. The lowest BCUT2D eigenvalue weighted by molar-refractivity contribution is -0.140. The van der Waals surface area contributed by atoms with Gasteiger partial charge in [-0.3, -0.25) is 14.9 Å². The Kier molecular flexibility index (Phi) is 3.01. The van der Waals surface area contributed by atoms with E-state index in [1.807, 2.05) is 0 Å². The zero-order chi connectivity index (χ0) is 14.2. The van der Waals surface area contributed by atoms with Crippen LogP contribution in [0, 0.1) is 5.41 Å². The number of hydrogen-bond donors (Lipinski definition) is 1. The van der Waals surface area contributed by atoms with Crippen molar-refractivity contribution in [2.24, 2.45) is 5.41 Å². The molecule has 0 spiro atoms. The molecule has 0 atom stereocenters. The third kappa shape index (κ3) is 2.05. The number of rotatable bonds is 2. The van der Waals surface area contributed by atoms with Crippen LogP contribution in [0.2, 0.25) is 0 Å². The molecule has 100 valence electrons. The molecule has 1 aromatic carbocycles. The topological polar surface area (TPSA) is 75.7 Å². The summed E-state index contributed by atoms with van der Waals surface area (Å²) in [5.74, 6) is -0.525. The van der Waals surface area contributed by atoms with Gasteiger partial charge in [0, 0.05) is 0 Å². The lowest BCUT2D eigenvalue weighted by atomic mass is 9.88. The first-order valence-corrected chi connectivity index (χ1v) is 5.72. The summed E-state index contributed by atoms with van der Waals surface area (Å²) in [6.07, 6.45) is 0. The van der Waals surface area contributed by atoms with Gasteiger partial charge in [0.1, 0.15) is 11.2 Å². The van der Waals surface area contributed by atoms with Crippen LogP contribution in [0.15, 0.2) is 24.3 Å². The molecule has 0 aliphatic carbocycles. The van der Waals surface area contributed by atoms with E-state index < -0.39 is 23.3 Å². The van der Waals surface area contributed by atoms with Gasteiger partial charge in [0.15, 0.2) is 0 Å². The Balaban J connectivity index is 2.39. The lowest BCUT2D eigenvalue weighted by Gasteiger charge is -2.34. The highest BCUT2D eigenvalue weighted by Crippen LogP contribution is 2.28. The standard InChI is InChI=1S/C13H14N2O4/c1-13(2)10(16)14-12(18)15(11(13)17)8-4-6-9(19-3)7-5-8/h4-7H,1-3H3,(H,14,16,18). The summed E-state index contributed by atoms with van der Waals surface area (Å²) < 4.78 is 5.01. The minimum absolute atomic E-state index is 0.392. The summed E-state index contributed by atoms with van der Waals surface area (Å²) in [7, 11) is 1.52. The van der Waals surface area contributed by atoms with Crippen LogP contribution in [-0.4, -0.2) is 25.0 Å². The molecule has 1 fully saturated rings. The summed E-state index contributed by atoms with van der Waals surface area (Å²) >= 11 is 0. The highest BCUT2D eigenvalue weighted by Gasteiger charge is 2.47. The van der Waals surface area contributed by atoms with E-state index in [2.05, 4.69) is 5.32 Å². The molecule has 1 N–H and O–H groups in total. The quantitative estimate of drug-likeness (QED) is 0.815. The maximum Gasteiger partial charge on any atom is 0.335 e. The molecule has 1 saturated heterocycles. The van der Waals surface area contributed by atoms with Crippen molar-refractivity contribution in [3.8, 4) is 5.75 Å². The second kappa shape index (κ2) is 4.38. The number of amides is 4. The van der Waals surface area contributed by atoms with E-state index >= 15 is 0 Å². The van der Waals surface area contributed by atoms with Crippen LogP contribution < -0.4 is 15.0 Å². The highest BCUT2D eigenvalue weighted by atomic mass is 16.5. The number of anilines is 1. The maximum absolute atomic E-state index is 12.2. The Bertz CT molecular complexity index is 548. The third-order valence-corrected chi connectivity index (χ3v) is 3.06. The van der Waals surface area contributed by atoms with Crippen LogP contribution in [0.25, 0.3) is 0 Å². The molecule has 6 nitrogen and oxygen atoms in total. The Morgan fingerprint density at radius 2 is 1.68 bits per heavy atom. The molecule has 0 radical (unpaired) electrons. The molecule has 1 aromatic rings. The van der Waals surface area contributed by atoms with Gasteiger partial charge >= 0.3 is 6.03 Å². The van der Waals surface area contributed by atoms with Crippen LogP contribution in [0.1, 0.15) is 13.8 Å². The first-order chi connectivity index (χ1) is 8.87. The van der Waals surface area contributed by atoms with Gasteiger partial charge in [0.25, 0.3) is 0 Å². The number of carbonyl (C=O) groups is 3. The number of carbonyl (C=O) groups excluding carboxylic acids is 3. The number of nitrogens with one attached hydrogen (secondary N) is 1. The highest BCUT2D eigenvalue weighted by molar-refractivity contribution is 6.29. The van der Waals surface area contributed by atoms with Crippen molar-refractivity contribution in [2.75, 3.05) is 12.0 Å². The van der Waals surface area contributed by atoms with Crippen LogP contribution in [0.3, 0.4) is 0 Å². The fourth-order valence-corrected chi connectivity index (χ4v) is 1.74. The first-order valence-electron chi connectivity index (χ1n) is 5.72. The van der Waals surface area contributed by atoms with Crippen LogP contribution in [0.5, 0.6) is 5.75 Å². The average molecular weight is 262 g/mol. The second-order valence-corrected chi connectivity index (χ2v) is 4.72. The van der Waals surface area contributed by atoms with E-state index in [1.165, 1.54) is 21.0 Å². The summed E-state index contributed by atoms with van der Waals surface area (Å²) in [5, 5.41) is 2.17. The SMILES string of the molecule is COc1ccc(N2C(=O)NC(=O)C(C)(C)C2=O)cc1. The zero-order valence-electron chi connectivity index (χ0n) is 10.9. The molecule has 1 aliphatic heterocycles. The summed E-state index contributed by atoms with van der Waals surface area (Å²) in [6, 6.07) is 5.71. The number of urea groups is 1. The van der Waals surface area contributed by atoms with Gasteiger partial charge in [0.2, 0.25) is 11.8 Å². The minimum atomic E-state index is -1.27. The van der Waals surface area contributed by atoms with Crippen LogP contribution in [-0.2, 0) is 9.59 Å². The Hall–Kier alpha value is -2.37. The molecule has 0 bridgehead atoms. The molecule has 2 rings (SSSR count). The average Bonchev–Trinajstić information content (AvgIpc) is 2.38. The van der Waals surface area contributed by atoms with Gasteiger partial charge in [-0.15, -0.1) is 0 Å². The first kappa shape index (κ1) is 13.1. The monoisotopic (exact) mass is 262 g/mol. The second-order valence-electron chi connectivity index (χ2n) is 4.72. The van der Waals surface area contributed by atoms with Crippen molar-refractivity contribution in [3.05, 3.63) is 24.3 Å². The fourth-order valence-electron chi connectivity index (χ4n) is 1.74. The summed E-state index contributed by atoms with van der Waals surface area (Å²) in [4.78, 5) is 36.6. The van der Waals surface area contributed by atoms with Gasteiger partial charge in [-0.2, -0.15) is 0 Å². The van der Waals surface area contributed by atoms with E-state index in [4.69, 9.17) is 4.74 Å². The number of nitrogens with zero attached hydrogens (tertiary/aromatic N) is 1. The van der Waals surface area contributed by atoms with E-state index in [0.717, 1.165) is 4.90 Å². The number of methoxy groups -OCH3 is 1. The minimum Gasteiger partial charge on any atom is -0.497 e. The van der Waals surface area contributed by atoms with Gasteiger partial charge < -0.3 is 4.74 Å². The van der Waals surface area contributed by atoms with Crippen LogP contribution in [0.4, 0.5) is 10.5 Å². The molecular formula is C13H14N2O4. The van der Waals surface area contributed by atoms with E-state index in [1.54, 1.807) is 24.3 Å². The molecule has 1 aliphatic rings. The van der Waals surface area contributed by atoms with Crippen LogP contribution >= 0.6 is 0 Å². The van der Waals surface area contributed by atoms with Gasteiger partial charge in [-0.1, -0.05) is 0 Å². The van der Waals surface area contributed by atoms with Crippen molar-refractivity contribution in [2.45, 2.75) is 13.8 Å². The molecule has 0 unspecified atom stereocenters. The predicted octanol–water partition coefficient (Wildman–Crippen LogP) is 1.30. The van der Waals surface area contributed by atoms with Gasteiger partial charge in [-0.05, 0) is 38.1 Å². The Morgan fingerprint density at radius 3 is 2.21 bits per heavy atom. The normalized spacial score (nSPS) is 18.3. The fraction of sp³-hybridized carbons (Fsp3) is 0.308. The van der Waals surface area contributed by atoms with Crippen molar-refractivity contribution in [3.63, 3.8) is 0 Å². The Morgan fingerprint density at radius 1 is 1.11 bits per heavy atom. The smallest absolute Gasteiger partial charge is 0.335 e. The van der Waals surface area contributed by atoms with Crippen molar-refractivity contribution >= 4 is 23.5 Å². The number of benzene rings is 1. The third-order valence-electron chi connectivity index (χ3n) is 3.06. The molecule has 0 saturated carbocycles. The number of ether oxygens (including phenoxy) is 1. The van der Waals surface area contributed by atoms with Gasteiger partial charge in [-0.25, -0.2) is 9.69 Å². The number of imide groups is 2. The summed E-state index contributed by atoms with van der Waals surface area (Å²) in [5.41, 5.74) is -0.878. The zero-order valence-corrected chi connectivity index (χ0v) is 10.9. The Labute approximate surface area is 110 Å².